The van der Waals surface area contributed by atoms with Gasteiger partial charge in [0.25, 0.3) is 5.91 Å². The Kier molecular flexibility index (Phi) is 5.56. The number of hydrogen-bond donors (Lipinski definition) is 2. The number of anilines is 2. The Morgan fingerprint density at radius 3 is 2.50 bits per heavy atom. The van der Waals surface area contributed by atoms with Crippen molar-refractivity contribution in [2.45, 2.75) is 12.5 Å². The molecule has 30 heavy (non-hydrogen) atoms. The normalized spacial score (nSPS) is 18.8. The molecule has 2 aliphatic rings. The van der Waals surface area contributed by atoms with Crippen LogP contribution in [0.25, 0.3) is 0 Å². The van der Waals surface area contributed by atoms with Gasteiger partial charge in [-0.05, 0) is 24.3 Å². The van der Waals surface area contributed by atoms with Crippen LogP contribution >= 0.6 is 0 Å². The van der Waals surface area contributed by atoms with Crippen molar-refractivity contribution in [1.82, 2.24) is 10.2 Å². The maximum absolute atomic E-state index is 12.8. The van der Waals surface area contributed by atoms with Crippen LogP contribution in [0.3, 0.4) is 0 Å². The fourth-order valence-electron chi connectivity index (χ4n) is 3.85. The smallest absolute Gasteiger partial charge is 0.254 e. The number of ether oxygens (including phenoxy) is 1. The fourth-order valence-corrected chi connectivity index (χ4v) is 3.85. The van der Waals surface area contributed by atoms with Gasteiger partial charge in [0.05, 0.1) is 30.5 Å². The predicted molar refractivity (Wildman–Crippen MR) is 113 cm³/mol. The molecule has 0 bridgehead atoms. The van der Waals surface area contributed by atoms with Gasteiger partial charge in [-0.1, -0.05) is 24.3 Å². The van der Waals surface area contributed by atoms with Gasteiger partial charge in [0.2, 0.25) is 11.8 Å². The Labute approximate surface area is 174 Å². The lowest BCUT2D eigenvalue weighted by Gasteiger charge is -2.37. The Morgan fingerprint density at radius 2 is 1.73 bits per heavy atom. The van der Waals surface area contributed by atoms with E-state index in [4.69, 9.17) is 4.74 Å². The zero-order valence-electron chi connectivity index (χ0n) is 16.8. The Morgan fingerprint density at radius 1 is 1.03 bits per heavy atom. The van der Waals surface area contributed by atoms with Crippen LogP contribution in [0, 0.1) is 0 Å². The Hall–Kier alpha value is -3.55. The molecule has 4 rings (SSSR count). The van der Waals surface area contributed by atoms with Crippen molar-refractivity contribution in [2.24, 2.45) is 0 Å². The van der Waals surface area contributed by atoms with Crippen LogP contribution in [0.5, 0.6) is 5.75 Å². The highest BCUT2D eigenvalue weighted by atomic mass is 16.5. The third-order valence-electron chi connectivity index (χ3n) is 5.49. The van der Waals surface area contributed by atoms with Crippen LogP contribution in [0.15, 0.2) is 48.5 Å². The summed E-state index contributed by atoms with van der Waals surface area (Å²) in [7, 11) is 1.64. The van der Waals surface area contributed by atoms with Crippen LogP contribution in [0.2, 0.25) is 0 Å². The van der Waals surface area contributed by atoms with E-state index < -0.39 is 6.04 Å². The minimum Gasteiger partial charge on any atom is -0.495 e. The van der Waals surface area contributed by atoms with Crippen LogP contribution in [-0.4, -0.2) is 62.0 Å². The van der Waals surface area contributed by atoms with Crippen LogP contribution in [0.1, 0.15) is 16.8 Å². The number of benzene rings is 2. The number of nitrogens with one attached hydrogen (secondary N) is 2. The highest BCUT2D eigenvalue weighted by Crippen LogP contribution is 2.28. The van der Waals surface area contributed by atoms with E-state index in [1.807, 2.05) is 24.3 Å². The number of rotatable bonds is 4. The van der Waals surface area contributed by atoms with Gasteiger partial charge in [0, 0.05) is 26.2 Å². The molecule has 156 valence electrons. The first-order chi connectivity index (χ1) is 14.6. The van der Waals surface area contributed by atoms with Gasteiger partial charge in [-0.25, -0.2) is 0 Å². The minimum absolute atomic E-state index is 0.0692. The van der Waals surface area contributed by atoms with Crippen LogP contribution < -0.4 is 20.3 Å². The summed E-state index contributed by atoms with van der Waals surface area (Å²) in [6, 6.07) is 13.7. The topological polar surface area (TPSA) is 91.0 Å². The monoisotopic (exact) mass is 408 g/mol. The number of amides is 3. The maximum atomic E-state index is 12.8. The van der Waals surface area contributed by atoms with E-state index >= 15 is 0 Å². The molecule has 0 aromatic heterocycles. The molecule has 3 amide bonds. The molecule has 1 atom stereocenters. The molecule has 2 aliphatic heterocycles. The first-order valence-electron chi connectivity index (χ1n) is 9.93. The van der Waals surface area contributed by atoms with Gasteiger partial charge in [0.1, 0.15) is 11.8 Å². The molecule has 0 radical (unpaired) electrons. The molecule has 1 unspecified atom stereocenters. The van der Waals surface area contributed by atoms with E-state index in [9.17, 15) is 14.4 Å². The zero-order valence-corrected chi connectivity index (χ0v) is 16.8. The second-order valence-corrected chi connectivity index (χ2v) is 7.30. The van der Waals surface area contributed by atoms with E-state index in [0.717, 1.165) is 11.4 Å². The van der Waals surface area contributed by atoms with E-state index in [0.29, 0.717) is 37.4 Å². The molecule has 0 aliphatic carbocycles. The van der Waals surface area contributed by atoms with E-state index in [-0.39, 0.29) is 24.1 Å². The standard InChI is InChI=1S/C22H24N4O4/c1-30-19-9-5-4-8-18(19)25-10-12-26(13-11-25)20(27)14-17-22(29)23-16-7-3-2-6-15(16)21(28)24-17/h2-9,17H,10-14H2,1H3,(H,23,29)(H,24,28). The number of carbonyl (C=O) groups excluding carboxylic acids is 3. The molecule has 1 fully saturated rings. The summed E-state index contributed by atoms with van der Waals surface area (Å²) in [5, 5.41) is 5.42. The summed E-state index contributed by atoms with van der Waals surface area (Å²) in [6.45, 7) is 2.42. The largest absolute Gasteiger partial charge is 0.495 e. The quantitative estimate of drug-likeness (QED) is 0.800. The molecule has 8 heteroatoms. The van der Waals surface area contributed by atoms with Crippen molar-refractivity contribution < 1.29 is 19.1 Å². The van der Waals surface area contributed by atoms with Crippen molar-refractivity contribution in [2.75, 3.05) is 43.5 Å². The summed E-state index contributed by atoms with van der Waals surface area (Å²) >= 11 is 0. The average Bonchev–Trinajstić information content (AvgIpc) is 2.90. The van der Waals surface area contributed by atoms with E-state index in [1.54, 1.807) is 36.3 Å². The minimum atomic E-state index is -0.898. The lowest BCUT2D eigenvalue weighted by atomic mass is 10.1. The molecule has 8 nitrogen and oxygen atoms in total. The SMILES string of the molecule is COc1ccccc1N1CCN(C(=O)CC2NC(=O)c3ccccc3NC2=O)CC1. The molecule has 2 heterocycles. The number of fused-ring (bicyclic) bond motifs is 1. The highest BCUT2D eigenvalue weighted by Gasteiger charge is 2.32. The second-order valence-electron chi connectivity index (χ2n) is 7.30. The number of nitrogens with zero attached hydrogens (tertiary/aromatic N) is 2. The number of para-hydroxylation sites is 3. The molecule has 2 aromatic rings. The van der Waals surface area contributed by atoms with Gasteiger partial charge in [-0.2, -0.15) is 0 Å². The lowest BCUT2D eigenvalue weighted by Crippen LogP contribution is -2.51. The summed E-state index contributed by atoms with van der Waals surface area (Å²) in [5.74, 6) is -0.0900. The molecule has 2 N–H and O–H groups in total. The van der Waals surface area contributed by atoms with Crippen LogP contribution in [0.4, 0.5) is 11.4 Å². The summed E-state index contributed by atoms with van der Waals surface area (Å²) in [5.41, 5.74) is 1.85. The Balaban J connectivity index is 1.37. The van der Waals surface area contributed by atoms with Crippen molar-refractivity contribution >= 4 is 29.1 Å². The number of piperazine rings is 1. The fraction of sp³-hybridized carbons (Fsp3) is 0.318. The second kappa shape index (κ2) is 8.44. The van der Waals surface area contributed by atoms with Crippen molar-refractivity contribution in [3.63, 3.8) is 0 Å². The van der Waals surface area contributed by atoms with Gasteiger partial charge in [-0.3, -0.25) is 14.4 Å². The molecule has 1 saturated heterocycles. The van der Waals surface area contributed by atoms with Gasteiger partial charge in [0.15, 0.2) is 0 Å². The number of hydrogen-bond acceptors (Lipinski definition) is 5. The van der Waals surface area contributed by atoms with E-state index in [1.165, 1.54) is 0 Å². The third kappa shape index (κ3) is 3.94. The van der Waals surface area contributed by atoms with Gasteiger partial charge in [-0.15, -0.1) is 0 Å². The molecule has 0 spiro atoms. The van der Waals surface area contributed by atoms with Crippen LogP contribution in [-0.2, 0) is 9.59 Å². The molecule has 2 aromatic carbocycles. The lowest BCUT2D eigenvalue weighted by molar-refractivity contribution is -0.134. The molecular formula is C22H24N4O4. The number of methoxy groups -OCH3 is 1. The van der Waals surface area contributed by atoms with Gasteiger partial charge < -0.3 is 25.2 Å². The summed E-state index contributed by atoms with van der Waals surface area (Å²) < 4.78 is 5.43. The molecular weight excluding hydrogens is 384 g/mol. The van der Waals surface area contributed by atoms with Gasteiger partial charge >= 0.3 is 0 Å². The highest BCUT2D eigenvalue weighted by molar-refractivity contribution is 6.10. The summed E-state index contributed by atoms with van der Waals surface area (Å²) in [6.07, 6.45) is -0.0692. The average molecular weight is 408 g/mol. The first kappa shape index (κ1) is 19.8. The van der Waals surface area contributed by atoms with Crippen molar-refractivity contribution in [1.29, 1.82) is 0 Å². The van der Waals surface area contributed by atoms with Crippen molar-refractivity contribution in [3.05, 3.63) is 54.1 Å². The third-order valence-corrected chi connectivity index (χ3v) is 5.49. The van der Waals surface area contributed by atoms with Crippen molar-refractivity contribution in [3.8, 4) is 5.75 Å². The van der Waals surface area contributed by atoms with E-state index in [2.05, 4.69) is 15.5 Å². The zero-order chi connectivity index (χ0) is 21.1. The summed E-state index contributed by atoms with van der Waals surface area (Å²) in [4.78, 5) is 41.7. The Bertz CT molecular complexity index is 969. The molecule has 0 saturated carbocycles. The number of carbonyl (C=O) groups is 3. The first-order valence-corrected chi connectivity index (χ1v) is 9.93. The predicted octanol–water partition coefficient (Wildman–Crippen LogP) is 1.48. The maximum Gasteiger partial charge on any atom is 0.254 e.